The van der Waals surface area contributed by atoms with Gasteiger partial charge in [0.1, 0.15) is 0 Å². The van der Waals surface area contributed by atoms with Crippen molar-refractivity contribution in [2.75, 3.05) is 19.0 Å². The Labute approximate surface area is 115 Å². The molecule has 0 saturated heterocycles. The van der Waals surface area contributed by atoms with E-state index in [1.165, 1.54) is 11.5 Å². The van der Waals surface area contributed by atoms with Crippen molar-refractivity contribution in [1.82, 2.24) is 4.57 Å². The maximum atomic E-state index is 12.1. The van der Waals surface area contributed by atoms with Crippen molar-refractivity contribution in [2.24, 2.45) is 7.05 Å². The SMILES string of the molecule is CC(=O)Oc1c(O)c2ccc(N(C)C)cc2n(C)c1=O. The van der Waals surface area contributed by atoms with Crippen molar-refractivity contribution >= 4 is 22.6 Å². The first-order valence-corrected chi connectivity index (χ1v) is 6.04. The highest BCUT2D eigenvalue weighted by Gasteiger charge is 2.18. The van der Waals surface area contributed by atoms with Crippen LogP contribution in [0.1, 0.15) is 6.92 Å². The summed E-state index contributed by atoms with van der Waals surface area (Å²) < 4.78 is 6.16. The molecule has 0 bridgehead atoms. The summed E-state index contributed by atoms with van der Waals surface area (Å²) in [5.74, 6) is -1.31. The number of aryl methyl sites for hydroxylation is 1. The average molecular weight is 276 g/mol. The number of aromatic nitrogens is 1. The monoisotopic (exact) mass is 276 g/mol. The minimum absolute atomic E-state index is 0.316. The van der Waals surface area contributed by atoms with Crippen molar-refractivity contribution in [3.05, 3.63) is 28.6 Å². The Morgan fingerprint density at radius 2 is 2.00 bits per heavy atom. The normalized spacial score (nSPS) is 10.6. The van der Waals surface area contributed by atoms with Gasteiger partial charge in [0, 0.05) is 39.1 Å². The second-order valence-electron chi connectivity index (χ2n) is 4.73. The van der Waals surface area contributed by atoms with E-state index in [0.717, 1.165) is 5.69 Å². The molecule has 2 aromatic rings. The van der Waals surface area contributed by atoms with E-state index in [2.05, 4.69) is 0 Å². The fourth-order valence-corrected chi connectivity index (χ4v) is 2.00. The Morgan fingerprint density at radius 1 is 1.35 bits per heavy atom. The van der Waals surface area contributed by atoms with Gasteiger partial charge < -0.3 is 19.3 Å². The van der Waals surface area contributed by atoms with Crippen molar-refractivity contribution < 1.29 is 14.6 Å². The molecule has 1 aromatic carbocycles. The van der Waals surface area contributed by atoms with Gasteiger partial charge in [0.25, 0.3) is 5.56 Å². The number of rotatable bonds is 2. The molecule has 2 rings (SSSR count). The Morgan fingerprint density at radius 3 is 2.55 bits per heavy atom. The van der Waals surface area contributed by atoms with Crippen LogP contribution < -0.4 is 15.2 Å². The van der Waals surface area contributed by atoms with Crippen molar-refractivity contribution in [2.45, 2.75) is 6.92 Å². The van der Waals surface area contributed by atoms with Crippen molar-refractivity contribution in [3.63, 3.8) is 0 Å². The zero-order valence-electron chi connectivity index (χ0n) is 11.8. The van der Waals surface area contributed by atoms with E-state index in [1.807, 2.05) is 25.1 Å². The smallest absolute Gasteiger partial charge is 0.308 e. The number of aromatic hydroxyl groups is 1. The summed E-state index contributed by atoms with van der Waals surface area (Å²) in [6.07, 6.45) is 0. The van der Waals surface area contributed by atoms with Crippen LogP contribution >= 0.6 is 0 Å². The molecule has 0 saturated carbocycles. The average Bonchev–Trinajstić information content (AvgIpc) is 2.40. The number of nitrogens with zero attached hydrogens (tertiary/aromatic N) is 2. The third-order valence-corrected chi connectivity index (χ3v) is 3.07. The number of anilines is 1. The summed E-state index contributed by atoms with van der Waals surface area (Å²) in [6, 6.07) is 5.28. The molecule has 6 nitrogen and oxygen atoms in total. The van der Waals surface area contributed by atoms with E-state index in [1.54, 1.807) is 19.2 Å². The predicted octanol–water partition coefficient (Wildman–Crippen LogP) is 1.24. The third kappa shape index (κ3) is 2.20. The molecule has 0 aliphatic rings. The van der Waals surface area contributed by atoms with Crippen LogP contribution in [-0.4, -0.2) is 29.7 Å². The lowest BCUT2D eigenvalue weighted by Crippen LogP contribution is -2.21. The van der Waals surface area contributed by atoms with E-state index in [9.17, 15) is 14.7 Å². The molecular formula is C14H16N2O4. The molecule has 1 aromatic heterocycles. The van der Waals surface area contributed by atoms with Crippen LogP contribution in [0.25, 0.3) is 10.9 Å². The highest BCUT2D eigenvalue weighted by molar-refractivity contribution is 5.90. The van der Waals surface area contributed by atoms with E-state index in [0.29, 0.717) is 10.9 Å². The number of pyridine rings is 1. The number of ether oxygens (including phenoxy) is 1. The van der Waals surface area contributed by atoms with Gasteiger partial charge in [-0.2, -0.15) is 0 Å². The molecule has 20 heavy (non-hydrogen) atoms. The highest BCUT2D eigenvalue weighted by Crippen LogP contribution is 2.32. The lowest BCUT2D eigenvalue weighted by atomic mass is 10.1. The van der Waals surface area contributed by atoms with Gasteiger partial charge in [-0.05, 0) is 18.2 Å². The molecule has 0 amide bonds. The third-order valence-electron chi connectivity index (χ3n) is 3.07. The summed E-state index contributed by atoms with van der Waals surface area (Å²) in [7, 11) is 5.33. The Kier molecular flexibility index (Phi) is 3.40. The fraction of sp³-hybridized carbons (Fsp3) is 0.286. The first kappa shape index (κ1) is 13.9. The van der Waals surface area contributed by atoms with E-state index >= 15 is 0 Å². The summed E-state index contributed by atoms with van der Waals surface area (Å²) >= 11 is 0. The number of benzene rings is 1. The summed E-state index contributed by atoms with van der Waals surface area (Å²) in [5.41, 5.74) is 0.905. The molecule has 0 atom stereocenters. The Bertz CT molecular complexity index is 747. The molecule has 6 heteroatoms. The molecule has 0 fully saturated rings. The van der Waals surface area contributed by atoms with Crippen molar-refractivity contribution in [1.29, 1.82) is 0 Å². The summed E-state index contributed by atoms with van der Waals surface area (Å²) in [6.45, 7) is 1.18. The van der Waals surface area contributed by atoms with E-state index < -0.39 is 11.5 Å². The predicted molar refractivity (Wildman–Crippen MR) is 76.5 cm³/mol. The van der Waals surface area contributed by atoms with Crippen molar-refractivity contribution in [3.8, 4) is 11.5 Å². The topological polar surface area (TPSA) is 71.8 Å². The maximum Gasteiger partial charge on any atom is 0.308 e. The molecular weight excluding hydrogens is 260 g/mol. The summed E-state index contributed by atoms with van der Waals surface area (Å²) in [5, 5.41) is 10.6. The molecule has 0 unspecified atom stereocenters. The number of carbonyl (C=O) groups is 1. The fourth-order valence-electron chi connectivity index (χ4n) is 2.00. The molecule has 0 aliphatic carbocycles. The van der Waals surface area contributed by atoms with Crippen LogP contribution in [0.2, 0.25) is 0 Å². The maximum absolute atomic E-state index is 12.1. The van der Waals surface area contributed by atoms with Gasteiger partial charge in [0.15, 0.2) is 5.75 Å². The lowest BCUT2D eigenvalue weighted by Gasteiger charge is -2.16. The first-order valence-electron chi connectivity index (χ1n) is 6.04. The minimum Gasteiger partial charge on any atom is -0.504 e. The number of esters is 1. The van der Waals surface area contributed by atoms with Gasteiger partial charge in [0.05, 0.1) is 5.52 Å². The van der Waals surface area contributed by atoms with Gasteiger partial charge in [-0.15, -0.1) is 0 Å². The summed E-state index contributed by atoms with van der Waals surface area (Å²) in [4.78, 5) is 25.0. The molecule has 0 aliphatic heterocycles. The first-order chi connectivity index (χ1) is 9.32. The number of hydrogen-bond acceptors (Lipinski definition) is 5. The van der Waals surface area contributed by atoms with Crippen LogP contribution in [0.15, 0.2) is 23.0 Å². The van der Waals surface area contributed by atoms with Crippen LogP contribution in [0, 0.1) is 0 Å². The van der Waals surface area contributed by atoms with Gasteiger partial charge in [-0.3, -0.25) is 9.59 Å². The second kappa shape index (κ2) is 4.88. The standard InChI is InChI=1S/C14H16N2O4/c1-8(17)20-13-12(18)10-6-5-9(15(2)3)7-11(10)16(4)14(13)19/h5-7,18H,1-4H3. The molecule has 1 N–H and O–H groups in total. The van der Waals surface area contributed by atoms with Crippen LogP contribution in [0.3, 0.4) is 0 Å². The number of hydrogen-bond donors (Lipinski definition) is 1. The molecule has 106 valence electrons. The second-order valence-corrected chi connectivity index (χ2v) is 4.73. The molecule has 0 spiro atoms. The minimum atomic E-state index is -0.651. The van der Waals surface area contributed by atoms with Crippen LogP contribution in [0.4, 0.5) is 5.69 Å². The van der Waals surface area contributed by atoms with Gasteiger partial charge >= 0.3 is 5.97 Å². The molecule has 1 heterocycles. The zero-order chi connectivity index (χ0) is 15.0. The van der Waals surface area contributed by atoms with Gasteiger partial charge in [-0.1, -0.05) is 0 Å². The lowest BCUT2D eigenvalue weighted by molar-refractivity contribution is -0.132. The quantitative estimate of drug-likeness (QED) is 0.835. The highest BCUT2D eigenvalue weighted by atomic mass is 16.5. The Balaban J connectivity index is 2.81. The van der Waals surface area contributed by atoms with E-state index in [-0.39, 0.29) is 11.5 Å². The van der Waals surface area contributed by atoms with Crippen LogP contribution in [0.5, 0.6) is 11.5 Å². The van der Waals surface area contributed by atoms with Crippen LogP contribution in [-0.2, 0) is 11.8 Å². The van der Waals surface area contributed by atoms with E-state index in [4.69, 9.17) is 4.74 Å². The largest absolute Gasteiger partial charge is 0.504 e. The number of carbonyl (C=O) groups excluding carboxylic acids is 1. The number of fused-ring (bicyclic) bond motifs is 1. The van der Waals surface area contributed by atoms with Gasteiger partial charge in [0.2, 0.25) is 5.75 Å². The van der Waals surface area contributed by atoms with Gasteiger partial charge in [-0.25, -0.2) is 0 Å². The molecule has 0 radical (unpaired) electrons. The zero-order valence-corrected chi connectivity index (χ0v) is 11.8. The Hall–Kier alpha value is -2.50.